The Bertz CT molecular complexity index is 581. The van der Waals surface area contributed by atoms with Crippen LogP contribution in [0, 0.1) is 0 Å². The predicted molar refractivity (Wildman–Crippen MR) is 63.1 cm³/mol. The van der Waals surface area contributed by atoms with Crippen molar-refractivity contribution in [2.45, 2.75) is 12.0 Å². The number of aromatic nitrogens is 2. The topological polar surface area (TPSA) is 96.3 Å². The minimum Gasteiger partial charge on any atom is -0.340 e. The Morgan fingerprint density at radius 2 is 2.26 bits per heavy atom. The zero-order chi connectivity index (χ0) is 13.6. The summed E-state index contributed by atoms with van der Waals surface area (Å²) in [5.41, 5.74) is -0.633. The molecule has 1 unspecified atom stereocenters. The molecule has 2 aliphatic rings. The minimum atomic E-state index is -0.971. The number of imide groups is 1. The highest BCUT2D eigenvalue weighted by Gasteiger charge is 2.51. The summed E-state index contributed by atoms with van der Waals surface area (Å²) in [5, 5.41) is 4.81. The number of aryl methyl sites for hydroxylation is 1. The van der Waals surface area contributed by atoms with E-state index in [1.165, 1.54) is 4.90 Å². The number of urea groups is 1. The molecule has 1 aromatic rings. The molecule has 4 amide bonds. The quantitative estimate of drug-likeness (QED) is 0.625. The van der Waals surface area contributed by atoms with Crippen LogP contribution in [0.25, 0.3) is 0 Å². The lowest BCUT2D eigenvalue weighted by molar-refractivity contribution is -0.123. The van der Waals surface area contributed by atoms with Crippen LogP contribution in [0.4, 0.5) is 4.79 Å². The second-order valence-corrected chi connectivity index (χ2v) is 4.89. The first-order valence-corrected chi connectivity index (χ1v) is 5.91. The SMILES string of the molecule is Cn1cnc(C(=O)N2CCC3(C2)NC(=O)NC3=O)c1. The van der Waals surface area contributed by atoms with Gasteiger partial charge in [-0.1, -0.05) is 0 Å². The summed E-state index contributed by atoms with van der Waals surface area (Å²) in [5.74, 6) is -0.597. The van der Waals surface area contributed by atoms with E-state index < -0.39 is 11.6 Å². The summed E-state index contributed by atoms with van der Waals surface area (Å²) >= 11 is 0. The molecule has 19 heavy (non-hydrogen) atoms. The molecular weight excluding hydrogens is 250 g/mol. The third kappa shape index (κ3) is 1.76. The van der Waals surface area contributed by atoms with Crippen LogP contribution in [0.5, 0.6) is 0 Å². The molecular formula is C11H13N5O3. The van der Waals surface area contributed by atoms with Gasteiger partial charge in [0.25, 0.3) is 11.8 Å². The Balaban J connectivity index is 1.78. The highest BCUT2D eigenvalue weighted by atomic mass is 16.2. The van der Waals surface area contributed by atoms with E-state index in [2.05, 4.69) is 15.6 Å². The van der Waals surface area contributed by atoms with Gasteiger partial charge in [-0.25, -0.2) is 9.78 Å². The molecule has 2 saturated heterocycles. The van der Waals surface area contributed by atoms with Crippen LogP contribution in [-0.4, -0.2) is 50.9 Å². The number of hydrogen-bond acceptors (Lipinski definition) is 4. The van der Waals surface area contributed by atoms with Crippen LogP contribution in [-0.2, 0) is 11.8 Å². The highest BCUT2D eigenvalue weighted by Crippen LogP contribution is 2.25. The summed E-state index contributed by atoms with van der Waals surface area (Å²) in [6.07, 6.45) is 3.59. The van der Waals surface area contributed by atoms with E-state index >= 15 is 0 Å². The smallest absolute Gasteiger partial charge is 0.322 e. The molecule has 8 heteroatoms. The molecule has 0 saturated carbocycles. The lowest BCUT2D eigenvalue weighted by Crippen LogP contribution is -2.49. The first-order valence-electron chi connectivity index (χ1n) is 5.91. The molecule has 1 spiro atoms. The Kier molecular flexibility index (Phi) is 2.34. The third-order valence-electron chi connectivity index (χ3n) is 3.49. The number of imidazole rings is 1. The zero-order valence-electron chi connectivity index (χ0n) is 10.3. The Labute approximate surface area is 108 Å². The highest BCUT2D eigenvalue weighted by molar-refractivity contribution is 6.08. The molecule has 2 aliphatic heterocycles. The van der Waals surface area contributed by atoms with E-state index in [4.69, 9.17) is 0 Å². The van der Waals surface area contributed by atoms with Crippen molar-refractivity contribution < 1.29 is 14.4 Å². The van der Waals surface area contributed by atoms with Crippen molar-refractivity contribution in [3.63, 3.8) is 0 Å². The fraction of sp³-hybridized carbons (Fsp3) is 0.455. The first-order chi connectivity index (χ1) is 9.00. The molecule has 100 valence electrons. The van der Waals surface area contributed by atoms with Crippen molar-refractivity contribution in [2.24, 2.45) is 7.05 Å². The first kappa shape index (κ1) is 11.7. The van der Waals surface area contributed by atoms with Crippen molar-refractivity contribution in [2.75, 3.05) is 13.1 Å². The van der Waals surface area contributed by atoms with Gasteiger partial charge in [-0.05, 0) is 6.42 Å². The second kappa shape index (κ2) is 3.81. The van der Waals surface area contributed by atoms with Gasteiger partial charge in [0.05, 0.1) is 12.9 Å². The van der Waals surface area contributed by atoms with Gasteiger partial charge in [0.15, 0.2) is 0 Å². The molecule has 3 rings (SSSR count). The summed E-state index contributed by atoms with van der Waals surface area (Å²) in [4.78, 5) is 40.7. The number of carbonyl (C=O) groups excluding carboxylic acids is 3. The number of nitrogens with one attached hydrogen (secondary N) is 2. The van der Waals surface area contributed by atoms with Gasteiger partial charge >= 0.3 is 6.03 Å². The van der Waals surface area contributed by atoms with Crippen LogP contribution in [0.2, 0.25) is 0 Å². The molecule has 0 bridgehead atoms. The van der Waals surface area contributed by atoms with Gasteiger partial charge in [-0.15, -0.1) is 0 Å². The van der Waals surface area contributed by atoms with Crippen molar-refractivity contribution in [3.05, 3.63) is 18.2 Å². The van der Waals surface area contributed by atoms with Gasteiger partial charge in [0.1, 0.15) is 11.2 Å². The molecule has 0 aliphatic carbocycles. The number of nitrogens with zero attached hydrogens (tertiary/aromatic N) is 3. The van der Waals surface area contributed by atoms with Gasteiger partial charge in [0.2, 0.25) is 0 Å². The Morgan fingerprint density at radius 3 is 2.84 bits per heavy atom. The lowest BCUT2D eigenvalue weighted by Gasteiger charge is -2.20. The van der Waals surface area contributed by atoms with Gasteiger partial charge in [0, 0.05) is 19.8 Å². The van der Waals surface area contributed by atoms with Crippen LogP contribution in [0.3, 0.4) is 0 Å². The van der Waals surface area contributed by atoms with Crippen LogP contribution < -0.4 is 10.6 Å². The van der Waals surface area contributed by atoms with Crippen molar-refractivity contribution in [1.82, 2.24) is 25.1 Å². The zero-order valence-corrected chi connectivity index (χ0v) is 10.3. The molecule has 3 heterocycles. The normalized spacial score (nSPS) is 25.8. The van der Waals surface area contributed by atoms with E-state index in [0.717, 1.165) is 0 Å². The van der Waals surface area contributed by atoms with Gasteiger partial charge in [-0.3, -0.25) is 14.9 Å². The molecule has 8 nitrogen and oxygen atoms in total. The van der Waals surface area contributed by atoms with E-state index in [1.807, 2.05) is 0 Å². The number of carbonyl (C=O) groups is 3. The maximum Gasteiger partial charge on any atom is 0.322 e. The molecule has 1 aromatic heterocycles. The predicted octanol–water partition coefficient (Wildman–Crippen LogP) is -1.16. The fourth-order valence-electron chi connectivity index (χ4n) is 2.48. The Morgan fingerprint density at radius 1 is 1.47 bits per heavy atom. The van der Waals surface area contributed by atoms with Crippen LogP contribution in [0.1, 0.15) is 16.9 Å². The lowest BCUT2D eigenvalue weighted by atomic mass is 10.00. The summed E-state index contributed by atoms with van der Waals surface area (Å²) < 4.78 is 1.68. The standard InChI is InChI=1S/C11H13N5O3/c1-15-4-7(12-6-15)8(17)16-3-2-11(5-16)9(18)13-10(19)14-11/h4,6H,2-3,5H2,1H3,(H2,13,14,18,19). The van der Waals surface area contributed by atoms with Crippen molar-refractivity contribution in [1.29, 1.82) is 0 Å². The second-order valence-electron chi connectivity index (χ2n) is 4.89. The number of hydrogen-bond donors (Lipinski definition) is 2. The summed E-state index contributed by atoms with van der Waals surface area (Å²) in [6.45, 7) is 0.600. The maximum absolute atomic E-state index is 12.2. The average molecular weight is 263 g/mol. The van der Waals surface area contributed by atoms with E-state index in [9.17, 15) is 14.4 Å². The van der Waals surface area contributed by atoms with E-state index in [1.54, 1.807) is 24.1 Å². The molecule has 2 fully saturated rings. The largest absolute Gasteiger partial charge is 0.340 e. The monoisotopic (exact) mass is 263 g/mol. The van der Waals surface area contributed by atoms with E-state index in [-0.39, 0.29) is 18.4 Å². The Hall–Kier alpha value is -2.38. The summed E-state index contributed by atoms with van der Waals surface area (Å²) in [7, 11) is 1.78. The fourth-order valence-corrected chi connectivity index (χ4v) is 2.48. The van der Waals surface area contributed by atoms with Crippen LogP contribution >= 0.6 is 0 Å². The number of likely N-dealkylation sites (tertiary alicyclic amines) is 1. The van der Waals surface area contributed by atoms with Gasteiger partial charge in [-0.2, -0.15) is 0 Å². The molecule has 1 atom stereocenters. The van der Waals surface area contributed by atoms with Gasteiger partial charge < -0.3 is 14.8 Å². The third-order valence-corrected chi connectivity index (χ3v) is 3.49. The minimum absolute atomic E-state index is 0.181. The number of amides is 4. The van der Waals surface area contributed by atoms with Crippen molar-refractivity contribution in [3.8, 4) is 0 Å². The molecule has 0 aromatic carbocycles. The van der Waals surface area contributed by atoms with E-state index in [0.29, 0.717) is 18.7 Å². The average Bonchev–Trinajstić information content (AvgIpc) is 3.01. The van der Waals surface area contributed by atoms with Crippen molar-refractivity contribution >= 4 is 17.8 Å². The van der Waals surface area contributed by atoms with Crippen LogP contribution in [0.15, 0.2) is 12.5 Å². The maximum atomic E-state index is 12.2. The molecule has 2 N–H and O–H groups in total. The number of rotatable bonds is 1. The molecule has 0 radical (unpaired) electrons. The summed E-state index contributed by atoms with van der Waals surface area (Å²) in [6, 6.07) is -0.503.